The highest BCUT2D eigenvalue weighted by molar-refractivity contribution is 6.31. The summed E-state index contributed by atoms with van der Waals surface area (Å²) < 4.78 is 0. The van der Waals surface area contributed by atoms with Gasteiger partial charge < -0.3 is 16.4 Å². The first kappa shape index (κ1) is 17.3. The molecule has 128 valence electrons. The Labute approximate surface area is 156 Å². The Morgan fingerprint density at radius 1 is 0.800 bits per heavy atom. The lowest BCUT2D eigenvalue weighted by molar-refractivity contribution is 1.17. The molecular weight excluding hydrogens is 357 g/mol. The molecule has 0 aliphatic carbocycles. The monoisotopic (exact) mass is 373 g/mol. The Hall–Kier alpha value is -2.50. The van der Waals surface area contributed by atoms with Crippen molar-refractivity contribution in [1.82, 2.24) is 9.97 Å². The second-order valence-electron chi connectivity index (χ2n) is 5.65. The average molecular weight is 374 g/mol. The van der Waals surface area contributed by atoms with E-state index in [1.54, 1.807) is 0 Å². The fourth-order valence-corrected chi connectivity index (χ4v) is 2.74. The minimum atomic E-state index is 0.413. The van der Waals surface area contributed by atoms with Gasteiger partial charge in [0.1, 0.15) is 12.0 Å². The molecule has 0 bridgehead atoms. The van der Waals surface area contributed by atoms with Crippen LogP contribution in [-0.2, 0) is 0 Å². The SMILES string of the molecule is Cc1cc(Cl)ccc1Nc1ncnc(Nc2cc(Cl)ccc2C)c1N. The Morgan fingerprint density at radius 2 is 1.40 bits per heavy atom. The molecule has 25 heavy (non-hydrogen) atoms. The summed E-state index contributed by atoms with van der Waals surface area (Å²) in [5, 5.41) is 7.74. The van der Waals surface area contributed by atoms with E-state index in [-0.39, 0.29) is 0 Å². The van der Waals surface area contributed by atoms with Crippen LogP contribution in [0.2, 0.25) is 10.0 Å². The number of aromatic nitrogens is 2. The number of aryl methyl sites for hydroxylation is 2. The summed E-state index contributed by atoms with van der Waals surface area (Å²) in [5.74, 6) is 1.03. The Kier molecular flexibility index (Phi) is 4.97. The molecule has 0 aliphatic heterocycles. The maximum absolute atomic E-state index is 6.24. The zero-order valence-electron chi connectivity index (χ0n) is 13.8. The van der Waals surface area contributed by atoms with Crippen LogP contribution in [0.15, 0.2) is 42.7 Å². The lowest BCUT2D eigenvalue weighted by Crippen LogP contribution is -2.06. The smallest absolute Gasteiger partial charge is 0.159 e. The van der Waals surface area contributed by atoms with E-state index in [0.29, 0.717) is 27.4 Å². The third-order valence-corrected chi connectivity index (χ3v) is 4.25. The van der Waals surface area contributed by atoms with Gasteiger partial charge in [0.05, 0.1) is 0 Å². The largest absolute Gasteiger partial charge is 0.393 e. The molecular formula is C18H17Cl2N5. The van der Waals surface area contributed by atoms with Crippen molar-refractivity contribution in [3.05, 3.63) is 63.9 Å². The second-order valence-corrected chi connectivity index (χ2v) is 6.53. The van der Waals surface area contributed by atoms with Gasteiger partial charge in [-0.25, -0.2) is 9.97 Å². The van der Waals surface area contributed by atoms with Crippen molar-refractivity contribution >= 4 is 51.9 Å². The van der Waals surface area contributed by atoms with Gasteiger partial charge in [0.25, 0.3) is 0 Å². The molecule has 0 atom stereocenters. The van der Waals surface area contributed by atoms with Gasteiger partial charge in [-0.1, -0.05) is 29.3 Å². The van der Waals surface area contributed by atoms with Crippen LogP contribution >= 0.6 is 23.2 Å². The van der Waals surface area contributed by atoms with Crippen LogP contribution in [0.1, 0.15) is 11.1 Å². The molecule has 0 saturated carbocycles. The fraction of sp³-hybridized carbons (Fsp3) is 0.111. The average Bonchev–Trinajstić information content (AvgIpc) is 2.57. The summed E-state index contributed by atoms with van der Waals surface area (Å²) >= 11 is 12.1. The Bertz CT molecular complexity index is 927. The highest BCUT2D eigenvalue weighted by Crippen LogP contribution is 2.31. The standard InChI is InChI=1S/C18H17Cl2N5/c1-10-3-4-13(20)8-15(10)25-18-16(21)17(22-9-23-18)24-14-6-5-12(19)7-11(14)2/h3-9H,21H2,1-2H3,(H2,22,23,24,25). The Balaban J connectivity index is 1.91. The zero-order chi connectivity index (χ0) is 18.0. The van der Waals surface area contributed by atoms with Gasteiger partial charge in [0, 0.05) is 21.4 Å². The Morgan fingerprint density at radius 3 is 2.08 bits per heavy atom. The van der Waals surface area contributed by atoms with Crippen LogP contribution in [0.3, 0.4) is 0 Å². The highest BCUT2D eigenvalue weighted by atomic mass is 35.5. The molecule has 0 saturated heterocycles. The second kappa shape index (κ2) is 7.17. The van der Waals surface area contributed by atoms with E-state index in [1.807, 2.05) is 50.2 Å². The van der Waals surface area contributed by atoms with Crippen LogP contribution in [0, 0.1) is 13.8 Å². The van der Waals surface area contributed by atoms with Crippen molar-refractivity contribution in [2.24, 2.45) is 0 Å². The van der Waals surface area contributed by atoms with E-state index < -0.39 is 0 Å². The summed E-state index contributed by atoms with van der Waals surface area (Å²) in [6.45, 7) is 3.94. The van der Waals surface area contributed by atoms with Crippen LogP contribution < -0.4 is 16.4 Å². The van der Waals surface area contributed by atoms with E-state index in [0.717, 1.165) is 22.5 Å². The summed E-state index contributed by atoms with van der Waals surface area (Å²) in [5.41, 5.74) is 10.4. The maximum atomic E-state index is 6.24. The predicted octanol–water partition coefficient (Wildman–Crippen LogP) is 5.47. The van der Waals surface area contributed by atoms with Crippen LogP contribution in [0.5, 0.6) is 0 Å². The number of hydrogen-bond donors (Lipinski definition) is 3. The first-order valence-electron chi connectivity index (χ1n) is 7.61. The number of nitrogen functional groups attached to an aromatic ring is 1. The third kappa shape index (κ3) is 3.95. The molecule has 0 spiro atoms. The molecule has 1 heterocycles. The van der Waals surface area contributed by atoms with E-state index in [1.165, 1.54) is 6.33 Å². The number of anilines is 5. The predicted molar refractivity (Wildman–Crippen MR) is 105 cm³/mol. The molecule has 5 nitrogen and oxygen atoms in total. The van der Waals surface area contributed by atoms with Gasteiger partial charge in [0.15, 0.2) is 11.6 Å². The van der Waals surface area contributed by atoms with E-state index in [2.05, 4.69) is 20.6 Å². The number of benzene rings is 2. The molecule has 0 radical (unpaired) electrons. The van der Waals surface area contributed by atoms with Crippen molar-refractivity contribution in [2.75, 3.05) is 16.4 Å². The topological polar surface area (TPSA) is 75.9 Å². The van der Waals surface area contributed by atoms with Crippen LogP contribution in [0.4, 0.5) is 28.7 Å². The number of nitrogens with two attached hydrogens (primary N) is 1. The molecule has 1 aromatic heterocycles. The number of nitrogens with one attached hydrogen (secondary N) is 2. The minimum Gasteiger partial charge on any atom is -0.393 e. The zero-order valence-corrected chi connectivity index (χ0v) is 15.3. The molecule has 4 N–H and O–H groups in total. The van der Waals surface area contributed by atoms with E-state index in [9.17, 15) is 0 Å². The molecule has 3 aromatic rings. The quantitative estimate of drug-likeness (QED) is 0.565. The van der Waals surface area contributed by atoms with Gasteiger partial charge in [-0.3, -0.25) is 0 Å². The van der Waals surface area contributed by atoms with Crippen molar-refractivity contribution < 1.29 is 0 Å². The first-order chi connectivity index (χ1) is 11.9. The summed E-state index contributed by atoms with van der Waals surface area (Å²) in [6.07, 6.45) is 1.45. The van der Waals surface area contributed by atoms with Crippen molar-refractivity contribution in [3.63, 3.8) is 0 Å². The van der Waals surface area contributed by atoms with Crippen LogP contribution in [0.25, 0.3) is 0 Å². The van der Waals surface area contributed by atoms with Gasteiger partial charge in [-0.15, -0.1) is 0 Å². The molecule has 0 unspecified atom stereocenters. The maximum Gasteiger partial charge on any atom is 0.159 e. The molecule has 2 aromatic carbocycles. The summed E-state index contributed by atoms with van der Waals surface area (Å²) in [4.78, 5) is 8.46. The number of hydrogen-bond acceptors (Lipinski definition) is 5. The number of nitrogens with zero attached hydrogens (tertiary/aromatic N) is 2. The molecule has 0 fully saturated rings. The van der Waals surface area contributed by atoms with E-state index in [4.69, 9.17) is 28.9 Å². The summed E-state index contributed by atoms with van der Waals surface area (Å²) in [6, 6.07) is 11.2. The molecule has 3 rings (SSSR count). The van der Waals surface area contributed by atoms with Gasteiger partial charge >= 0.3 is 0 Å². The van der Waals surface area contributed by atoms with Gasteiger partial charge in [-0.05, 0) is 55.3 Å². The van der Waals surface area contributed by atoms with Gasteiger partial charge in [-0.2, -0.15) is 0 Å². The van der Waals surface area contributed by atoms with E-state index >= 15 is 0 Å². The normalized spacial score (nSPS) is 10.6. The number of rotatable bonds is 4. The fourth-order valence-electron chi connectivity index (χ4n) is 2.35. The minimum absolute atomic E-state index is 0.413. The molecule has 0 aliphatic rings. The van der Waals surface area contributed by atoms with Crippen molar-refractivity contribution in [3.8, 4) is 0 Å². The third-order valence-electron chi connectivity index (χ3n) is 3.78. The molecule has 7 heteroatoms. The lowest BCUT2D eigenvalue weighted by Gasteiger charge is -2.15. The molecule has 0 amide bonds. The van der Waals surface area contributed by atoms with Crippen molar-refractivity contribution in [2.45, 2.75) is 13.8 Å². The van der Waals surface area contributed by atoms with Crippen LogP contribution in [-0.4, -0.2) is 9.97 Å². The summed E-state index contributed by atoms with van der Waals surface area (Å²) in [7, 11) is 0. The lowest BCUT2D eigenvalue weighted by atomic mass is 10.2. The van der Waals surface area contributed by atoms with Crippen molar-refractivity contribution in [1.29, 1.82) is 0 Å². The number of halogens is 2. The highest BCUT2D eigenvalue weighted by Gasteiger charge is 2.11. The van der Waals surface area contributed by atoms with Gasteiger partial charge in [0.2, 0.25) is 0 Å². The first-order valence-corrected chi connectivity index (χ1v) is 8.36.